The fourth-order valence-electron chi connectivity index (χ4n) is 1.66. The molecule has 0 aliphatic rings. The minimum absolute atomic E-state index is 0.268. The molecule has 15 heavy (non-hydrogen) atoms. The average molecular weight is 235 g/mol. The van der Waals surface area contributed by atoms with Gasteiger partial charge in [0.25, 0.3) is 0 Å². The van der Waals surface area contributed by atoms with Gasteiger partial charge < -0.3 is 5.32 Å². The van der Waals surface area contributed by atoms with Crippen LogP contribution in [-0.4, -0.2) is 32.5 Å². The van der Waals surface area contributed by atoms with Gasteiger partial charge in [-0.2, -0.15) is 0 Å². The summed E-state index contributed by atoms with van der Waals surface area (Å²) in [5, 5.41) is 3.30. The van der Waals surface area contributed by atoms with Gasteiger partial charge in [0, 0.05) is 18.3 Å². The minimum atomic E-state index is -2.82. The molecule has 1 atom stereocenters. The van der Waals surface area contributed by atoms with E-state index in [4.69, 9.17) is 0 Å². The molecule has 0 aromatic heterocycles. The van der Waals surface area contributed by atoms with Crippen LogP contribution in [0.5, 0.6) is 0 Å². The van der Waals surface area contributed by atoms with Gasteiger partial charge >= 0.3 is 0 Å². The van der Waals surface area contributed by atoms with Gasteiger partial charge in [-0.25, -0.2) is 8.42 Å². The smallest absolute Gasteiger partial charge is 0.151 e. The van der Waals surface area contributed by atoms with Crippen molar-refractivity contribution in [1.82, 2.24) is 5.32 Å². The van der Waals surface area contributed by atoms with Gasteiger partial charge in [-0.15, -0.1) is 0 Å². The standard InChI is InChI=1S/C11H25NO2S/c1-5-8-15(13,14)9-7-12-11(6-2)10(3)4/h10-12H,5-9H2,1-4H3. The molecule has 0 aromatic carbocycles. The van der Waals surface area contributed by atoms with Gasteiger partial charge in [0.05, 0.1) is 5.75 Å². The largest absolute Gasteiger partial charge is 0.313 e. The number of hydrogen-bond donors (Lipinski definition) is 1. The molecule has 0 aliphatic carbocycles. The van der Waals surface area contributed by atoms with Crippen molar-refractivity contribution in [1.29, 1.82) is 0 Å². The summed E-state index contributed by atoms with van der Waals surface area (Å²) in [4.78, 5) is 0. The highest BCUT2D eigenvalue weighted by Gasteiger charge is 2.13. The minimum Gasteiger partial charge on any atom is -0.313 e. The molecule has 0 rings (SSSR count). The second kappa shape index (κ2) is 7.23. The maximum Gasteiger partial charge on any atom is 0.151 e. The Kier molecular flexibility index (Phi) is 7.18. The Morgan fingerprint density at radius 1 is 1.13 bits per heavy atom. The highest BCUT2D eigenvalue weighted by atomic mass is 32.2. The van der Waals surface area contributed by atoms with Gasteiger partial charge in [-0.1, -0.05) is 27.7 Å². The Balaban J connectivity index is 3.87. The zero-order valence-electron chi connectivity index (χ0n) is 10.4. The lowest BCUT2D eigenvalue weighted by Gasteiger charge is -2.20. The Bertz CT molecular complexity index is 247. The highest BCUT2D eigenvalue weighted by molar-refractivity contribution is 7.91. The molecular weight excluding hydrogens is 210 g/mol. The third-order valence-electron chi connectivity index (χ3n) is 2.58. The lowest BCUT2D eigenvalue weighted by Crippen LogP contribution is -2.36. The summed E-state index contributed by atoms with van der Waals surface area (Å²) in [6, 6.07) is 0.432. The van der Waals surface area contributed by atoms with Crippen LogP contribution in [-0.2, 0) is 9.84 Å². The van der Waals surface area contributed by atoms with Gasteiger partial charge in [0.2, 0.25) is 0 Å². The third kappa shape index (κ3) is 6.90. The number of rotatable bonds is 8. The molecule has 1 unspecified atom stereocenters. The van der Waals surface area contributed by atoms with E-state index >= 15 is 0 Å². The molecule has 1 N–H and O–H groups in total. The monoisotopic (exact) mass is 235 g/mol. The first kappa shape index (κ1) is 14.9. The fraction of sp³-hybridized carbons (Fsp3) is 1.00. The van der Waals surface area contributed by atoms with E-state index in [1.165, 1.54) is 0 Å². The second-order valence-corrected chi connectivity index (χ2v) is 6.67. The maximum absolute atomic E-state index is 11.4. The highest BCUT2D eigenvalue weighted by Crippen LogP contribution is 2.04. The van der Waals surface area contributed by atoms with Crippen molar-refractivity contribution in [2.24, 2.45) is 5.92 Å². The van der Waals surface area contributed by atoms with Crippen LogP contribution in [0.25, 0.3) is 0 Å². The summed E-state index contributed by atoms with van der Waals surface area (Å²) in [6.45, 7) is 8.91. The van der Waals surface area contributed by atoms with E-state index in [0.717, 1.165) is 6.42 Å². The molecule has 0 bridgehead atoms. The molecule has 4 heteroatoms. The molecule has 0 spiro atoms. The fourth-order valence-corrected chi connectivity index (χ4v) is 2.92. The van der Waals surface area contributed by atoms with Crippen LogP contribution >= 0.6 is 0 Å². The predicted octanol–water partition coefficient (Wildman–Crippen LogP) is 1.84. The first-order valence-electron chi connectivity index (χ1n) is 5.86. The van der Waals surface area contributed by atoms with Crippen LogP contribution in [0.15, 0.2) is 0 Å². The first-order valence-corrected chi connectivity index (χ1v) is 7.68. The molecule has 0 amide bonds. The van der Waals surface area contributed by atoms with E-state index in [1.807, 2.05) is 6.92 Å². The predicted molar refractivity (Wildman–Crippen MR) is 65.9 cm³/mol. The van der Waals surface area contributed by atoms with E-state index in [9.17, 15) is 8.42 Å². The first-order chi connectivity index (χ1) is 6.93. The van der Waals surface area contributed by atoms with Crippen LogP contribution in [0.2, 0.25) is 0 Å². The molecule has 0 saturated carbocycles. The van der Waals surface area contributed by atoms with Crippen molar-refractivity contribution in [3.8, 4) is 0 Å². The van der Waals surface area contributed by atoms with Gasteiger partial charge in [0.1, 0.15) is 0 Å². The molecule has 0 aromatic rings. The number of sulfone groups is 1. The van der Waals surface area contributed by atoms with E-state index in [-0.39, 0.29) is 5.75 Å². The van der Waals surface area contributed by atoms with Crippen molar-refractivity contribution >= 4 is 9.84 Å². The quantitative estimate of drug-likeness (QED) is 0.698. The summed E-state index contributed by atoms with van der Waals surface area (Å²) >= 11 is 0. The summed E-state index contributed by atoms with van der Waals surface area (Å²) in [7, 11) is -2.82. The summed E-state index contributed by atoms with van der Waals surface area (Å²) in [5.41, 5.74) is 0. The Hall–Kier alpha value is -0.0900. The van der Waals surface area contributed by atoms with Crippen LogP contribution in [0.3, 0.4) is 0 Å². The second-order valence-electron chi connectivity index (χ2n) is 4.36. The molecule has 0 heterocycles. The Labute approximate surface area is 94.6 Å². The van der Waals surface area contributed by atoms with Crippen molar-refractivity contribution in [2.45, 2.75) is 46.6 Å². The van der Waals surface area contributed by atoms with Crippen molar-refractivity contribution < 1.29 is 8.42 Å². The maximum atomic E-state index is 11.4. The molecular formula is C11H25NO2S. The Morgan fingerprint density at radius 3 is 2.13 bits per heavy atom. The summed E-state index contributed by atoms with van der Waals surface area (Å²) in [6.07, 6.45) is 1.76. The molecule has 3 nitrogen and oxygen atoms in total. The van der Waals surface area contributed by atoms with E-state index < -0.39 is 9.84 Å². The molecule has 0 aliphatic heterocycles. The summed E-state index contributed by atoms with van der Waals surface area (Å²) < 4.78 is 22.9. The van der Waals surface area contributed by atoms with Crippen molar-refractivity contribution in [3.63, 3.8) is 0 Å². The molecule has 0 fully saturated rings. The van der Waals surface area contributed by atoms with Gasteiger partial charge in [0.15, 0.2) is 9.84 Å². The average Bonchev–Trinajstić information content (AvgIpc) is 2.11. The van der Waals surface area contributed by atoms with Crippen molar-refractivity contribution in [3.05, 3.63) is 0 Å². The van der Waals surface area contributed by atoms with Gasteiger partial charge in [-0.3, -0.25) is 0 Å². The van der Waals surface area contributed by atoms with E-state index in [1.54, 1.807) is 0 Å². The zero-order chi connectivity index (χ0) is 11.9. The van der Waals surface area contributed by atoms with E-state index in [0.29, 0.717) is 30.7 Å². The topological polar surface area (TPSA) is 46.2 Å². The number of hydrogen-bond acceptors (Lipinski definition) is 3. The van der Waals surface area contributed by atoms with Crippen LogP contribution < -0.4 is 5.32 Å². The third-order valence-corrected chi connectivity index (χ3v) is 4.44. The van der Waals surface area contributed by atoms with Crippen LogP contribution in [0, 0.1) is 5.92 Å². The Morgan fingerprint density at radius 2 is 1.73 bits per heavy atom. The lowest BCUT2D eigenvalue weighted by molar-refractivity contribution is 0.397. The summed E-state index contributed by atoms with van der Waals surface area (Å²) in [5.74, 6) is 1.14. The molecule has 0 saturated heterocycles. The molecule has 0 radical (unpaired) electrons. The SMILES string of the molecule is CCCS(=O)(=O)CCNC(CC)C(C)C. The number of nitrogens with one attached hydrogen (secondary N) is 1. The van der Waals surface area contributed by atoms with Crippen molar-refractivity contribution in [2.75, 3.05) is 18.1 Å². The normalized spacial score (nSPS) is 14.5. The van der Waals surface area contributed by atoms with E-state index in [2.05, 4.69) is 26.1 Å². The van der Waals surface area contributed by atoms with Crippen LogP contribution in [0.4, 0.5) is 0 Å². The lowest BCUT2D eigenvalue weighted by atomic mass is 10.0. The zero-order valence-corrected chi connectivity index (χ0v) is 11.2. The van der Waals surface area contributed by atoms with Gasteiger partial charge in [-0.05, 0) is 18.8 Å². The molecule has 92 valence electrons. The van der Waals surface area contributed by atoms with Crippen LogP contribution in [0.1, 0.15) is 40.5 Å².